The summed E-state index contributed by atoms with van der Waals surface area (Å²) in [5.74, 6) is -2.09. The monoisotopic (exact) mass is 314 g/mol. The van der Waals surface area contributed by atoms with Gasteiger partial charge in [-0.25, -0.2) is 9.18 Å². The number of hydrogen-bond donors (Lipinski definition) is 1. The summed E-state index contributed by atoms with van der Waals surface area (Å²) in [7, 11) is 0. The Hall–Kier alpha value is -2.57. The highest BCUT2D eigenvalue weighted by Gasteiger charge is 2.30. The molecule has 0 aliphatic heterocycles. The van der Waals surface area contributed by atoms with Crippen LogP contribution in [0.5, 0.6) is 5.75 Å². The number of benzene rings is 2. The van der Waals surface area contributed by atoms with Crippen LogP contribution in [0.2, 0.25) is 0 Å². The van der Waals surface area contributed by atoms with Crippen molar-refractivity contribution >= 4 is 5.97 Å². The standard InChI is InChI=1S/C15H10F4O3/c16-13-7-9(1-6-12(13)14(20)21)8-22-11-4-2-10(3-5-11)15(17,18)19/h1-7H,8H2,(H,20,21). The Kier molecular flexibility index (Phi) is 4.35. The average Bonchev–Trinajstić information content (AvgIpc) is 2.44. The van der Waals surface area contributed by atoms with Crippen molar-refractivity contribution in [2.45, 2.75) is 12.8 Å². The first-order chi connectivity index (χ1) is 10.3. The average molecular weight is 314 g/mol. The van der Waals surface area contributed by atoms with E-state index in [1.807, 2.05) is 0 Å². The summed E-state index contributed by atoms with van der Waals surface area (Å²) >= 11 is 0. The molecule has 22 heavy (non-hydrogen) atoms. The number of ether oxygens (including phenoxy) is 1. The second-order valence-corrected chi connectivity index (χ2v) is 4.43. The van der Waals surface area contributed by atoms with E-state index >= 15 is 0 Å². The second kappa shape index (κ2) is 6.05. The maximum Gasteiger partial charge on any atom is 0.416 e. The van der Waals surface area contributed by atoms with Crippen LogP contribution < -0.4 is 4.74 Å². The molecule has 0 atom stereocenters. The molecule has 0 aliphatic carbocycles. The van der Waals surface area contributed by atoms with Crippen molar-refractivity contribution in [3.63, 3.8) is 0 Å². The molecule has 0 aromatic heterocycles. The molecule has 116 valence electrons. The van der Waals surface area contributed by atoms with E-state index in [1.54, 1.807) is 0 Å². The molecule has 7 heteroatoms. The molecule has 0 aliphatic rings. The fourth-order valence-corrected chi connectivity index (χ4v) is 1.73. The van der Waals surface area contributed by atoms with Gasteiger partial charge in [0, 0.05) is 0 Å². The topological polar surface area (TPSA) is 46.5 Å². The van der Waals surface area contributed by atoms with Crippen molar-refractivity contribution in [2.75, 3.05) is 0 Å². The molecule has 3 nitrogen and oxygen atoms in total. The van der Waals surface area contributed by atoms with E-state index in [9.17, 15) is 22.4 Å². The molecule has 0 spiro atoms. The molecule has 2 aromatic rings. The van der Waals surface area contributed by atoms with Crippen LogP contribution in [0.3, 0.4) is 0 Å². The molecule has 0 saturated heterocycles. The predicted molar refractivity (Wildman–Crippen MR) is 69.1 cm³/mol. The van der Waals surface area contributed by atoms with Crippen LogP contribution in [0.25, 0.3) is 0 Å². The highest BCUT2D eigenvalue weighted by atomic mass is 19.4. The lowest BCUT2D eigenvalue weighted by Gasteiger charge is -2.09. The van der Waals surface area contributed by atoms with Crippen LogP contribution in [0.15, 0.2) is 42.5 Å². The Labute approximate surface area is 122 Å². The maximum atomic E-state index is 13.4. The first kappa shape index (κ1) is 15.8. The van der Waals surface area contributed by atoms with Crippen LogP contribution >= 0.6 is 0 Å². The lowest BCUT2D eigenvalue weighted by Crippen LogP contribution is -2.05. The van der Waals surface area contributed by atoms with Gasteiger partial charge in [0.05, 0.1) is 11.1 Å². The van der Waals surface area contributed by atoms with E-state index in [2.05, 4.69) is 0 Å². The van der Waals surface area contributed by atoms with E-state index in [0.29, 0.717) is 5.56 Å². The predicted octanol–water partition coefficient (Wildman–Crippen LogP) is 4.12. The Bertz CT molecular complexity index is 678. The number of carboxylic acid groups (broad SMARTS) is 1. The smallest absolute Gasteiger partial charge is 0.416 e. The number of carboxylic acids is 1. The first-order valence-corrected chi connectivity index (χ1v) is 6.09. The SMILES string of the molecule is O=C(O)c1ccc(COc2ccc(C(F)(F)F)cc2)cc1F. The van der Waals surface area contributed by atoms with Crippen molar-refractivity contribution in [1.82, 2.24) is 0 Å². The lowest BCUT2D eigenvalue weighted by molar-refractivity contribution is -0.137. The molecule has 0 radical (unpaired) electrons. The highest BCUT2D eigenvalue weighted by molar-refractivity contribution is 5.87. The van der Waals surface area contributed by atoms with Gasteiger partial charge in [-0.3, -0.25) is 0 Å². The van der Waals surface area contributed by atoms with Crippen molar-refractivity contribution in [1.29, 1.82) is 0 Å². The minimum Gasteiger partial charge on any atom is -0.489 e. The third-order valence-corrected chi connectivity index (χ3v) is 2.85. The molecule has 0 bridgehead atoms. The second-order valence-electron chi connectivity index (χ2n) is 4.43. The minimum atomic E-state index is -4.42. The van der Waals surface area contributed by atoms with Crippen LogP contribution in [-0.2, 0) is 12.8 Å². The fraction of sp³-hybridized carbons (Fsp3) is 0.133. The summed E-state index contributed by atoms with van der Waals surface area (Å²) < 4.78 is 55.8. The van der Waals surface area contributed by atoms with Gasteiger partial charge in [0.25, 0.3) is 0 Å². The zero-order valence-electron chi connectivity index (χ0n) is 11.0. The van der Waals surface area contributed by atoms with Gasteiger partial charge in [-0.1, -0.05) is 6.07 Å². The largest absolute Gasteiger partial charge is 0.489 e. The van der Waals surface area contributed by atoms with Crippen LogP contribution in [0.1, 0.15) is 21.5 Å². The molecular formula is C15H10F4O3. The fourth-order valence-electron chi connectivity index (χ4n) is 1.73. The first-order valence-electron chi connectivity index (χ1n) is 6.09. The quantitative estimate of drug-likeness (QED) is 0.864. The molecule has 0 amide bonds. The van der Waals surface area contributed by atoms with Gasteiger partial charge in [0.2, 0.25) is 0 Å². The number of halogens is 4. The lowest BCUT2D eigenvalue weighted by atomic mass is 10.1. The van der Waals surface area contributed by atoms with Gasteiger partial charge in [-0.2, -0.15) is 13.2 Å². The molecule has 0 unspecified atom stereocenters. The number of carbonyl (C=O) groups is 1. The molecule has 1 N–H and O–H groups in total. The zero-order chi connectivity index (χ0) is 16.3. The summed E-state index contributed by atoms with van der Waals surface area (Å²) in [6.45, 7) is -0.0951. The number of rotatable bonds is 4. The van der Waals surface area contributed by atoms with Gasteiger partial charge in [-0.15, -0.1) is 0 Å². The van der Waals surface area contributed by atoms with Crippen molar-refractivity contribution in [2.24, 2.45) is 0 Å². The van der Waals surface area contributed by atoms with Gasteiger partial charge >= 0.3 is 12.1 Å². The van der Waals surface area contributed by atoms with Gasteiger partial charge < -0.3 is 9.84 Å². The van der Waals surface area contributed by atoms with E-state index in [-0.39, 0.29) is 12.4 Å². The molecular weight excluding hydrogens is 304 g/mol. The van der Waals surface area contributed by atoms with Gasteiger partial charge in [-0.05, 0) is 42.0 Å². The summed E-state index contributed by atoms with van der Waals surface area (Å²) in [6, 6.07) is 7.55. The van der Waals surface area contributed by atoms with Gasteiger partial charge in [0.1, 0.15) is 18.2 Å². The summed E-state index contributed by atoms with van der Waals surface area (Å²) in [4.78, 5) is 10.7. The number of hydrogen-bond acceptors (Lipinski definition) is 2. The Balaban J connectivity index is 2.04. The van der Waals surface area contributed by atoms with E-state index in [4.69, 9.17) is 9.84 Å². The van der Waals surface area contributed by atoms with Gasteiger partial charge in [0.15, 0.2) is 0 Å². The normalized spacial score (nSPS) is 11.3. The third-order valence-electron chi connectivity index (χ3n) is 2.85. The van der Waals surface area contributed by atoms with Crippen LogP contribution in [-0.4, -0.2) is 11.1 Å². The molecule has 2 aromatic carbocycles. The Morgan fingerprint density at radius 3 is 2.23 bits per heavy atom. The minimum absolute atomic E-state index is 0.0951. The molecule has 0 fully saturated rings. The summed E-state index contributed by atoms with van der Waals surface area (Å²) in [6.07, 6.45) is -4.42. The molecule has 2 rings (SSSR count). The van der Waals surface area contributed by atoms with Crippen LogP contribution in [0.4, 0.5) is 17.6 Å². The highest BCUT2D eigenvalue weighted by Crippen LogP contribution is 2.30. The summed E-state index contributed by atoms with van der Waals surface area (Å²) in [5, 5.41) is 8.69. The molecule has 0 saturated carbocycles. The van der Waals surface area contributed by atoms with Crippen molar-refractivity contribution < 1.29 is 32.2 Å². The van der Waals surface area contributed by atoms with Crippen molar-refractivity contribution in [3.05, 3.63) is 65.0 Å². The molecule has 0 heterocycles. The Morgan fingerprint density at radius 1 is 1.09 bits per heavy atom. The van der Waals surface area contributed by atoms with E-state index in [1.165, 1.54) is 6.07 Å². The van der Waals surface area contributed by atoms with E-state index < -0.39 is 29.1 Å². The number of aromatic carboxylic acids is 1. The zero-order valence-corrected chi connectivity index (χ0v) is 11.0. The van der Waals surface area contributed by atoms with Crippen LogP contribution in [0, 0.1) is 5.82 Å². The third kappa shape index (κ3) is 3.75. The van der Waals surface area contributed by atoms with Crippen molar-refractivity contribution in [3.8, 4) is 5.75 Å². The number of alkyl halides is 3. The maximum absolute atomic E-state index is 13.4. The Morgan fingerprint density at radius 2 is 1.73 bits per heavy atom. The van der Waals surface area contributed by atoms with E-state index in [0.717, 1.165) is 36.4 Å². The summed E-state index contributed by atoms with van der Waals surface area (Å²) in [5.41, 5.74) is -0.891.